The third-order valence-electron chi connectivity index (χ3n) is 4.18. The average Bonchev–Trinajstić information content (AvgIpc) is 3.16. The van der Waals surface area contributed by atoms with E-state index in [-0.39, 0.29) is 35.8 Å². The Bertz CT molecular complexity index is 729. The van der Waals surface area contributed by atoms with E-state index in [1.54, 1.807) is 18.4 Å². The molecule has 0 saturated carbocycles. The maximum atomic E-state index is 11.7. The second kappa shape index (κ2) is 12.8. The molecule has 3 N–H and O–H groups in total. The lowest BCUT2D eigenvalue weighted by Gasteiger charge is -2.16. The van der Waals surface area contributed by atoms with Gasteiger partial charge in [-0.05, 0) is 41.5 Å². The van der Waals surface area contributed by atoms with E-state index in [0.717, 1.165) is 30.2 Å². The maximum absolute atomic E-state index is 11.7. The van der Waals surface area contributed by atoms with E-state index in [2.05, 4.69) is 45.4 Å². The van der Waals surface area contributed by atoms with Gasteiger partial charge in [0.2, 0.25) is 5.91 Å². The molecule has 154 valence electrons. The number of hydrogen-bond donors (Lipinski definition) is 3. The molecule has 0 aliphatic rings. The van der Waals surface area contributed by atoms with Crippen LogP contribution in [0, 0.1) is 11.8 Å². The average molecular weight is 514 g/mol. The van der Waals surface area contributed by atoms with Crippen LogP contribution in [0.1, 0.15) is 31.2 Å². The lowest BCUT2D eigenvalue weighted by Crippen LogP contribution is -2.39. The fraction of sp³-hybridized carbons (Fsp3) is 0.429. The molecular weight excluding hydrogens is 483 g/mol. The van der Waals surface area contributed by atoms with Crippen LogP contribution in [0.2, 0.25) is 0 Å². The molecule has 1 atom stereocenters. The van der Waals surface area contributed by atoms with Crippen molar-refractivity contribution in [3.63, 3.8) is 0 Å². The van der Waals surface area contributed by atoms with Crippen LogP contribution in [0.5, 0.6) is 0 Å². The van der Waals surface area contributed by atoms with E-state index < -0.39 is 0 Å². The standard InChI is InChI=1S/C21H30N4OS.HI/c1-15(2)20(26)25-18-9-7-17(8-10-18)14-24-21(22-4)23-13-16(3)12-19-6-5-11-27-19;/h5-11,15-16H,12-14H2,1-4H3,(H,25,26)(H2,22,23,24);1H. The van der Waals surface area contributed by atoms with Crippen LogP contribution in [0.3, 0.4) is 0 Å². The monoisotopic (exact) mass is 514 g/mol. The molecule has 28 heavy (non-hydrogen) atoms. The molecule has 1 unspecified atom stereocenters. The summed E-state index contributed by atoms with van der Waals surface area (Å²) in [6.07, 6.45) is 1.07. The largest absolute Gasteiger partial charge is 0.356 e. The second-order valence-corrected chi connectivity index (χ2v) is 8.07. The quantitative estimate of drug-likeness (QED) is 0.276. The number of benzene rings is 1. The third kappa shape index (κ3) is 8.60. The molecule has 0 saturated heterocycles. The highest BCUT2D eigenvalue weighted by Crippen LogP contribution is 2.14. The van der Waals surface area contributed by atoms with Gasteiger partial charge in [-0.25, -0.2) is 0 Å². The predicted molar refractivity (Wildman–Crippen MR) is 131 cm³/mol. The summed E-state index contributed by atoms with van der Waals surface area (Å²) in [5, 5.41) is 11.7. The molecule has 7 heteroatoms. The number of rotatable bonds is 8. The molecule has 2 aromatic rings. The molecular formula is C21H31IN4OS. The molecule has 0 fully saturated rings. The van der Waals surface area contributed by atoms with Crippen LogP contribution in [-0.4, -0.2) is 25.5 Å². The van der Waals surface area contributed by atoms with E-state index in [0.29, 0.717) is 12.5 Å². The summed E-state index contributed by atoms with van der Waals surface area (Å²) in [6.45, 7) is 7.56. The Balaban J connectivity index is 0.00000392. The van der Waals surface area contributed by atoms with Crippen LogP contribution in [0.4, 0.5) is 5.69 Å². The van der Waals surface area contributed by atoms with Crippen LogP contribution >= 0.6 is 35.3 Å². The van der Waals surface area contributed by atoms with Gasteiger partial charge in [0.05, 0.1) is 0 Å². The first-order chi connectivity index (χ1) is 13.0. The molecule has 0 bridgehead atoms. The predicted octanol–water partition coefficient (Wildman–Crippen LogP) is 4.50. The maximum Gasteiger partial charge on any atom is 0.226 e. The number of carbonyl (C=O) groups excluding carboxylic acids is 1. The van der Waals surface area contributed by atoms with E-state index >= 15 is 0 Å². The molecule has 0 radical (unpaired) electrons. The summed E-state index contributed by atoms with van der Waals surface area (Å²) in [5.41, 5.74) is 1.95. The Morgan fingerprint density at radius 1 is 1.11 bits per heavy atom. The van der Waals surface area contributed by atoms with E-state index in [4.69, 9.17) is 0 Å². The van der Waals surface area contributed by atoms with Crippen molar-refractivity contribution in [2.75, 3.05) is 18.9 Å². The van der Waals surface area contributed by atoms with Crippen molar-refractivity contribution in [1.82, 2.24) is 10.6 Å². The number of halogens is 1. The lowest BCUT2D eigenvalue weighted by molar-refractivity contribution is -0.118. The number of anilines is 1. The van der Waals surface area contributed by atoms with Gasteiger partial charge in [0, 0.05) is 36.6 Å². The molecule has 1 amide bonds. The van der Waals surface area contributed by atoms with Gasteiger partial charge in [-0.2, -0.15) is 0 Å². The number of aliphatic imine (C=N–C) groups is 1. The topological polar surface area (TPSA) is 65.5 Å². The van der Waals surface area contributed by atoms with Crippen molar-refractivity contribution < 1.29 is 4.79 Å². The molecule has 1 aromatic heterocycles. The third-order valence-corrected chi connectivity index (χ3v) is 5.08. The Labute approximate surface area is 189 Å². The first kappa shape index (κ1) is 24.4. The first-order valence-electron chi connectivity index (χ1n) is 9.34. The van der Waals surface area contributed by atoms with Crippen molar-refractivity contribution in [3.05, 3.63) is 52.2 Å². The normalized spacial score (nSPS) is 12.2. The molecule has 0 spiro atoms. The van der Waals surface area contributed by atoms with Crippen molar-refractivity contribution in [2.45, 2.75) is 33.7 Å². The minimum absolute atomic E-state index is 0. The van der Waals surface area contributed by atoms with Crippen LogP contribution in [0.25, 0.3) is 0 Å². The van der Waals surface area contributed by atoms with Crippen LogP contribution in [-0.2, 0) is 17.8 Å². The minimum atomic E-state index is -0.0250. The zero-order valence-corrected chi connectivity index (χ0v) is 20.1. The van der Waals surface area contributed by atoms with Gasteiger partial charge in [0.15, 0.2) is 5.96 Å². The van der Waals surface area contributed by atoms with Crippen molar-refractivity contribution >= 4 is 52.9 Å². The van der Waals surface area contributed by atoms with Gasteiger partial charge >= 0.3 is 0 Å². The van der Waals surface area contributed by atoms with Gasteiger partial charge in [-0.15, -0.1) is 35.3 Å². The number of thiophene rings is 1. The number of nitrogens with one attached hydrogen (secondary N) is 3. The number of amides is 1. The molecule has 2 rings (SSSR count). The smallest absolute Gasteiger partial charge is 0.226 e. The van der Waals surface area contributed by atoms with Gasteiger partial charge in [0.1, 0.15) is 0 Å². The zero-order chi connectivity index (χ0) is 19.6. The van der Waals surface area contributed by atoms with Crippen LogP contribution in [0.15, 0.2) is 46.8 Å². The van der Waals surface area contributed by atoms with E-state index in [1.165, 1.54) is 4.88 Å². The summed E-state index contributed by atoms with van der Waals surface area (Å²) < 4.78 is 0. The Morgan fingerprint density at radius 3 is 2.39 bits per heavy atom. The second-order valence-electron chi connectivity index (χ2n) is 7.04. The molecule has 0 aliphatic heterocycles. The number of nitrogens with zero attached hydrogens (tertiary/aromatic N) is 1. The molecule has 1 heterocycles. The molecule has 0 aliphatic carbocycles. The summed E-state index contributed by atoms with van der Waals surface area (Å²) in [5.74, 6) is 1.33. The summed E-state index contributed by atoms with van der Waals surface area (Å²) in [4.78, 5) is 17.4. The first-order valence-corrected chi connectivity index (χ1v) is 10.2. The van der Waals surface area contributed by atoms with Gasteiger partial charge in [-0.1, -0.05) is 39.0 Å². The Kier molecular flexibility index (Phi) is 11.1. The van der Waals surface area contributed by atoms with Crippen LogP contribution < -0.4 is 16.0 Å². The highest BCUT2D eigenvalue weighted by molar-refractivity contribution is 14.0. The highest BCUT2D eigenvalue weighted by atomic mass is 127. The number of carbonyl (C=O) groups is 1. The fourth-order valence-electron chi connectivity index (χ4n) is 2.51. The molecule has 1 aromatic carbocycles. The summed E-state index contributed by atoms with van der Waals surface area (Å²) in [6, 6.07) is 12.2. The number of hydrogen-bond acceptors (Lipinski definition) is 3. The van der Waals surface area contributed by atoms with Gasteiger partial charge in [0.25, 0.3) is 0 Å². The van der Waals surface area contributed by atoms with E-state index in [1.807, 2.05) is 38.1 Å². The van der Waals surface area contributed by atoms with Gasteiger partial charge < -0.3 is 16.0 Å². The van der Waals surface area contributed by atoms with Gasteiger partial charge in [-0.3, -0.25) is 9.79 Å². The Hall–Kier alpha value is -1.61. The van der Waals surface area contributed by atoms with Crippen molar-refractivity contribution in [2.24, 2.45) is 16.8 Å². The zero-order valence-electron chi connectivity index (χ0n) is 17.0. The molecule has 5 nitrogen and oxygen atoms in total. The summed E-state index contributed by atoms with van der Waals surface area (Å²) >= 11 is 1.81. The lowest BCUT2D eigenvalue weighted by atomic mass is 10.1. The summed E-state index contributed by atoms with van der Waals surface area (Å²) in [7, 11) is 1.78. The van der Waals surface area contributed by atoms with Crippen molar-refractivity contribution in [1.29, 1.82) is 0 Å². The van der Waals surface area contributed by atoms with E-state index in [9.17, 15) is 4.79 Å². The minimum Gasteiger partial charge on any atom is -0.356 e. The number of guanidine groups is 1. The highest BCUT2D eigenvalue weighted by Gasteiger charge is 2.08. The Morgan fingerprint density at radius 2 is 1.82 bits per heavy atom. The van der Waals surface area contributed by atoms with Crippen molar-refractivity contribution in [3.8, 4) is 0 Å². The fourth-order valence-corrected chi connectivity index (χ4v) is 3.38. The SMILES string of the molecule is CN=C(NCc1ccc(NC(=O)C(C)C)cc1)NCC(C)Cc1cccs1.I.